The van der Waals surface area contributed by atoms with Crippen molar-refractivity contribution >= 4 is 17.6 Å². The van der Waals surface area contributed by atoms with Gasteiger partial charge in [-0.1, -0.05) is 61.7 Å². The second kappa shape index (κ2) is 15.8. The van der Waals surface area contributed by atoms with Crippen LogP contribution in [0.3, 0.4) is 0 Å². The fraction of sp³-hybridized carbons (Fsp3) is 0.515. The number of rotatable bonds is 15. The zero-order valence-electron chi connectivity index (χ0n) is 23.9. The first-order valence-electron chi connectivity index (χ1n) is 14.9. The average molecular weight is 565 g/mol. The molecule has 1 saturated heterocycles. The fourth-order valence-corrected chi connectivity index (χ4v) is 5.79. The lowest BCUT2D eigenvalue weighted by Crippen LogP contribution is -2.43. The zero-order valence-corrected chi connectivity index (χ0v) is 23.9. The number of amides is 1. The van der Waals surface area contributed by atoms with Gasteiger partial charge in [-0.3, -0.25) is 14.5 Å². The molecule has 2 aromatic rings. The molecule has 1 amide bonds. The summed E-state index contributed by atoms with van der Waals surface area (Å²) in [6, 6.07) is 16.1. The number of anilines is 1. The number of carbonyl (C=O) groups excluding carboxylic acids is 1. The van der Waals surface area contributed by atoms with Gasteiger partial charge < -0.3 is 25.0 Å². The minimum atomic E-state index is -0.805. The minimum absolute atomic E-state index is 0.00563. The van der Waals surface area contributed by atoms with E-state index in [0.29, 0.717) is 37.4 Å². The number of carbonyl (C=O) groups is 2. The van der Waals surface area contributed by atoms with E-state index in [1.165, 1.54) is 25.7 Å². The van der Waals surface area contributed by atoms with Crippen molar-refractivity contribution in [1.29, 1.82) is 0 Å². The number of nitrogens with one attached hydrogen (secondary N) is 1. The van der Waals surface area contributed by atoms with Crippen molar-refractivity contribution in [2.24, 2.45) is 0 Å². The number of carboxylic acids is 1. The number of carboxylic acid groups (broad SMARTS) is 1. The molecule has 1 heterocycles. The van der Waals surface area contributed by atoms with Crippen LogP contribution in [0, 0.1) is 0 Å². The van der Waals surface area contributed by atoms with Crippen LogP contribution in [0.1, 0.15) is 93.3 Å². The Kier molecular flexibility index (Phi) is 11.9. The van der Waals surface area contributed by atoms with E-state index >= 15 is 0 Å². The lowest BCUT2D eigenvalue weighted by Gasteiger charge is -2.39. The Morgan fingerprint density at radius 2 is 1.63 bits per heavy atom. The molecule has 8 heteroatoms. The summed E-state index contributed by atoms with van der Waals surface area (Å²) in [6.45, 7) is 5.63. The van der Waals surface area contributed by atoms with Gasteiger partial charge in [-0.15, -0.1) is 6.58 Å². The number of unbranched alkanes of at least 4 members (excludes halogenated alkanes) is 2. The molecule has 222 valence electrons. The number of aliphatic carboxylic acids is 1. The lowest BCUT2D eigenvalue weighted by atomic mass is 9.99. The standard InChI is InChI=1S/C33H44N2O6/c1-2-20-35(28-8-6-7-9-28)22-29-21-30(25-14-12-24(23-36)13-15-25)41-33(40-29)26-16-18-27(19-17-26)34-31(37)10-4-3-5-11-32(38)39/h2,12-19,28-30,33,36H,1,3-11,20-23H2,(H,34,37)(H,38,39)/t29-,30+,33+/m0/s1. The molecular formula is C33H44N2O6. The maximum Gasteiger partial charge on any atom is 0.303 e. The predicted molar refractivity (Wildman–Crippen MR) is 158 cm³/mol. The van der Waals surface area contributed by atoms with Crippen LogP contribution >= 0.6 is 0 Å². The van der Waals surface area contributed by atoms with Crippen LogP contribution in [0.4, 0.5) is 5.69 Å². The van der Waals surface area contributed by atoms with Gasteiger partial charge >= 0.3 is 5.97 Å². The van der Waals surface area contributed by atoms with E-state index in [9.17, 15) is 14.7 Å². The average Bonchev–Trinajstić information content (AvgIpc) is 3.52. The third-order valence-corrected chi connectivity index (χ3v) is 8.02. The monoisotopic (exact) mass is 564 g/mol. The normalized spacial score (nSPS) is 21.2. The van der Waals surface area contributed by atoms with Gasteiger partial charge in [-0.25, -0.2) is 0 Å². The van der Waals surface area contributed by atoms with Crippen molar-refractivity contribution in [3.63, 3.8) is 0 Å². The molecule has 1 aliphatic carbocycles. The van der Waals surface area contributed by atoms with E-state index in [1.54, 1.807) is 0 Å². The van der Waals surface area contributed by atoms with Crippen LogP contribution in [-0.4, -0.2) is 52.2 Å². The minimum Gasteiger partial charge on any atom is -0.481 e. The molecule has 3 N–H and O–H groups in total. The lowest BCUT2D eigenvalue weighted by molar-refractivity contribution is -0.253. The van der Waals surface area contributed by atoms with Crippen molar-refractivity contribution in [3.05, 3.63) is 77.9 Å². The SMILES string of the molecule is C=CCN(C[C@@H]1C[C@H](c2ccc(CO)cc2)O[C@H](c2ccc(NC(=O)CCCCCC(=O)O)cc2)O1)C1CCCC1. The second-order valence-electron chi connectivity index (χ2n) is 11.2. The summed E-state index contributed by atoms with van der Waals surface area (Å²) in [5.41, 5.74) is 3.51. The Labute approximate surface area is 243 Å². The first-order chi connectivity index (χ1) is 19.9. The molecule has 41 heavy (non-hydrogen) atoms. The molecule has 3 atom stereocenters. The van der Waals surface area contributed by atoms with Crippen LogP contribution in [-0.2, 0) is 25.7 Å². The smallest absolute Gasteiger partial charge is 0.303 e. The first kappa shape index (κ1) is 30.9. The highest BCUT2D eigenvalue weighted by molar-refractivity contribution is 5.90. The Balaban J connectivity index is 1.41. The van der Waals surface area contributed by atoms with Crippen molar-refractivity contribution in [2.45, 2.75) is 95.4 Å². The van der Waals surface area contributed by atoms with E-state index in [0.717, 1.165) is 36.2 Å². The quantitative estimate of drug-likeness (QED) is 0.176. The summed E-state index contributed by atoms with van der Waals surface area (Å²) in [4.78, 5) is 25.5. The number of ether oxygens (including phenoxy) is 2. The summed E-state index contributed by atoms with van der Waals surface area (Å²) in [6.07, 6.45) is 9.38. The summed E-state index contributed by atoms with van der Waals surface area (Å²) in [7, 11) is 0. The third-order valence-electron chi connectivity index (χ3n) is 8.02. The van der Waals surface area contributed by atoms with E-state index in [-0.39, 0.29) is 31.1 Å². The summed E-state index contributed by atoms with van der Waals surface area (Å²) >= 11 is 0. The van der Waals surface area contributed by atoms with E-state index in [2.05, 4.69) is 16.8 Å². The maximum atomic E-state index is 12.3. The molecule has 0 bridgehead atoms. The van der Waals surface area contributed by atoms with E-state index in [4.69, 9.17) is 14.6 Å². The molecule has 2 aliphatic rings. The molecule has 0 spiro atoms. The van der Waals surface area contributed by atoms with Crippen molar-refractivity contribution in [2.75, 3.05) is 18.4 Å². The maximum absolute atomic E-state index is 12.3. The highest BCUT2D eigenvalue weighted by atomic mass is 16.7. The van der Waals surface area contributed by atoms with Crippen molar-refractivity contribution in [3.8, 4) is 0 Å². The van der Waals surface area contributed by atoms with Gasteiger partial charge in [-0.05, 0) is 48.9 Å². The van der Waals surface area contributed by atoms with Gasteiger partial charge in [0, 0.05) is 49.6 Å². The number of hydrogen-bond acceptors (Lipinski definition) is 6. The number of nitrogens with zero attached hydrogens (tertiary/aromatic N) is 1. The largest absolute Gasteiger partial charge is 0.481 e. The van der Waals surface area contributed by atoms with Crippen molar-refractivity contribution in [1.82, 2.24) is 4.90 Å². The summed E-state index contributed by atoms with van der Waals surface area (Å²) < 4.78 is 13.0. The Morgan fingerprint density at radius 1 is 0.951 bits per heavy atom. The van der Waals surface area contributed by atoms with Crippen LogP contribution in [0.25, 0.3) is 0 Å². The molecular weight excluding hydrogens is 520 g/mol. The predicted octanol–water partition coefficient (Wildman–Crippen LogP) is 6.13. The molecule has 2 aromatic carbocycles. The van der Waals surface area contributed by atoms with Gasteiger partial charge in [0.1, 0.15) is 0 Å². The van der Waals surface area contributed by atoms with Crippen LogP contribution in [0.2, 0.25) is 0 Å². The van der Waals surface area contributed by atoms with Gasteiger partial charge in [0.25, 0.3) is 0 Å². The Hall–Kier alpha value is -3.04. The Bertz CT molecular complexity index is 1110. The number of hydrogen-bond donors (Lipinski definition) is 3. The molecule has 0 unspecified atom stereocenters. The topological polar surface area (TPSA) is 108 Å². The molecule has 4 rings (SSSR count). The first-order valence-corrected chi connectivity index (χ1v) is 14.9. The van der Waals surface area contributed by atoms with Crippen LogP contribution in [0.5, 0.6) is 0 Å². The number of aliphatic hydroxyl groups excluding tert-OH is 1. The second-order valence-corrected chi connectivity index (χ2v) is 11.2. The third kappa shape index (κ3) is 9.50. The molecule has 2 fully saturated rings. The molecule has 1 saturated carbocycles. The van der Waals surface area contributed by atoms with Crippen LogP contribution in [0.15, 0.2) is 61.2 Å². The Morgan fingerprint density at radius 3 is 2.29 bits per heavy atom. The van der Waals surface area contributed by atoms with Crippen molar-refractivity contribution < 1.29 is 29.3 Å². The van der Waals surface area contributed by atoms with E-state index in [1.807, 2.05) is 54.6 Å². The number of benzene rings is 2. The molecule has 8 nitrogen and oxygen atoms in total. The highest BCUT2D eigenvalue weighted by Crippen LogP contribution is 2.39. The zero-order chi connectivity index (χ0) is 29.0. The van der Waals surface area contributed by atoms with E-state index < -0.39 is 12.3 Å². The molecule has 0 radical (unpaired) electrons. The fourth-order valence-electron chi connectivity index (χ4n) is 5.79. The van der Waals surface area contributed by atoms with Gasteiger partial charge in [0.15, 0.2) is 6.29 Å². The highest BCUT2D eigenvalue weighted by Gasteiger charge is 2.34. The van der Waals surface area contributed by atoms with Gasteiger partial charge in [0.05, 0.1) is 18.8 Å². The number of aliphatic hydroxyl groups is 1. The molecule has 1 aliphatic heterocycles. The van der Waals surface area contributed by atoms with Gasteiger partial charge in [0.2, 0.25) is 5.91 Å². The van der Waals surface area contributed by atoms with Gasteiger partial charge in [-0.2, -0.15) is 0 Å². The summed E-state index contributed by atoms with van der Waals surface area (Å²) in [5.74, 6) is -0.889. The van der Waals surface area contributed by atoms with Crippen LogP contribution < -0.4 is 5.32 Å². The molecule has 0 aromatic heterocycles. The summed E-state index contributed by atoms with van der Waals surface area (Å²) in [5, 5.41) is 21.1.